The van der Waals surface area contributed by atoms with Gasteiger partial charge in [0.2, 0.25) is 11.7 Å². The lowest BCUT2D eigenvalue weighted by Crippen LogP contribution is -2.03. The molecule has 0 fully saturated rings. The van der Waals surface area contributed by atoms with E-state index in [0.29, 0.717) is 44.1 Å². The zero-order chi connectivity index (χ0) is 22.2. The molecule has 2 aromatic carbocycles. The number of hydrogen-bond donors (Lipinski definition) is 0. The Morgan fingerprint density at radius 2 is 1.84 bits per heavy atom. The molecule has 0 radical (unpaired) electrons. The van der Waals surface area contributed by atoms with Crippen LogP contribution in [-0.2, 0) is 6.54 Å². The first-order valence-corrected chi connectivity index (χ1v) is 10.8. The number of ketones is 1. The highest BCUT2D eigenvalue weighted by Crippen LogP contribution is 2.34. The number of halogens is 3. The maximum atomic E-state index is 13.4. The van der Waals surface area contributed by atoms with Gasteiger partial charge in [0.05, 0.1) is 29.4 Å². The fourth-order valence-electron chi connectivity index (χ4n) is 3.59. The van der Waals surface area contributed by atoms with Crippen LogP contribution >= 0.6 is 34.8 Å². The molecule has 0 aliphatic carbocycles. The Labute approximate surface area is 198 Å². The third kappa shape index (κ3) is 3.69. The van der Waals surface area contributed by atoms with E-state index in [1.807, 2.05) is 41.0 Å². The first-order chi connectivity index (χ1) is 15.5. The summed E-state index contributed by atoms with van der Waals surface area (Å²) in [5.74, 6) is 0.0576. The molecule has 158 valence electrons. The average Bonchev–Trinajstić information content (AvgIpc) is 3.40. The zero-order valence-corrected chi connectivity index (χ0v) is 18.7. The Balaban J connectivity index is 1.58. The van der Waals surface area contributed by atoms with Crippen molar-refractivity contribution in [2.24, 2.45) is 0 Å². The molecule has 0 amide bonds. The van der Waals surface area contributed by atoms with E-state index < -0.39 is 0 Å². The summed E-state index contributed by atoms with van der Waals surface area (Å²) < 4.78 is 7.59. The molecule has 5 aromatic rings. The number of pyridine rings is 1. The molecule has 3 heterocycles. The largest absolute Gasteiger partial charge is 0.433 e. The van der Waals surface area contributed by atoms with Crippen LogP contribution in [-0.4, -0.2) is 20.3 Å². The van der Waals surface area contributed by atoms with Crippen molar-refractivity contribution >= 4 is 51.5 Å². The van der Waals surface area contributed by atoms with E-state index in [1.54, 1.807) is 30.6 Å². The van der Waals surface area contributed by atoms with E-state index in [2.05, 4.69) is 9.97 Å². The highest BCUT2D eigenvalue weighted by atomic mass is 35.5. The molecular formula is C24H14Cl3N3O2. The van der Waals surface area contributed by atoms with Crippen LogP contribution < -0.4 is 0 Å². The molecule has 0 atom stereocenters. The van der Waals surface area contributed by atoms with Gasteiger partial charge in [0.25, 0.3) is 0 Å². The predicted octanol–water partition coefficient (Wildman–Crippen LogP) is 6.93. The third-order valence-corrected chi connectivity index (χ3v) is 6.10. The Kier molecular flexibility index (Phi) is 5.47. The van der Waals surface area contributed by atoms with E-state index >= 15 is 0 Å². The molecule has 0 N–H and O–H groups in total. The van der Waals surface area contributed by atoms with E-state index in [9.17, 15) is 4.79 Å². The minimum absolute atomic E-state index is 0.0955. The number of hydrogen-bond acceptors (Lipinski definition) is 4. The molecule has 0 saturated heterocycles. The predicted molar refractivity (Wildman–Crippen MR) is 126 cm³/mol. The van der Waals surface area contributed by atoms with Gasteiger partial charge in [-0.2, -0.15) is 0 Å². The number of benzene rings is 2. The van der Waals surface area contributed by atoms with Crippen molar-refractivity contribution in [3.05, 3.63) is 105 Å². The van der Waals surface area contributed by atoms with Gasteiger partial charge in [0.15, 0.2) is 5.76 Å². The molecule has 0 spiro atoms. The van der Waals surface area contributed by atoms with Crippen molar-refractivity contribution in [2.75, 3.05) is 0 Å². The van der Waals surface area contributed by atoms with Crippen LogP contribution in [0.5, 0.6) is 0 Å². The SMILES string of the molecule is O=C(c1cnc(-c2cccnc2)o1)c1c(Cl)n(Cc2ccc(Cl)cc2Cl)c2ccccc12. The van der Waals surface area contributed by atoms with E-state index in [-0.39, 0.29) is 11.5 Å². The van der Waals surface area contributed by atoms with Crippen LogP contribution in [0, 0.1) is 0 Å². The second-order valence-corrected chi connectivity index (χ2v) is 8.31. The Morgan fingerprint density at radius 1 is 1.00 bits per heavy atom. The highest BCUT2D eigenvalue weighted by Gasteiger charge is 2.25. The molecule has 5 nitrogen and oxygen atoms in total. The molecule has 3 aromatic heterocycles. The van der Waals surface area contributed by atoms with Crippen molar-refractivity contribution in [3.63, 3.8) is 0 Å². The molecule has 0 aliphatic heterocycles. The fraction of sp³-hybridized carbons (Fsp3) is 0.0417. The smallest absolute Gasteiger partial charge is 0.233 e. The van der Waals surface area contributed by atoms with Crippen LogP contribution in [0.1, 0.15) is 21.7 Å². The highest BCUT2D eigenvalue weighted by molar-refractivity contribution is 6.37. The van der Waals surface area contributed by atoms with Crippen LogP contribution in [0.3, 0.4) is 0 Å². The van der Waals surface area contributed by atoms with E-state index in [0.717, 1.165) is 11.1 Å². The van der Waals surface area contributed by atoms with Crippen LogP contribution in [0.25, 0.3) is 22.4 Å². The lowest BCUT2D eigenvalue weighted by Gasteiger charge is -2.09. The van der Waals surface area contributed by atoms with Gasteiger partial charge in [-0.05, 0) is 35.9 Å². The first kappa shape index (κ1) is 20.8. The van der Waals surface area contributed by atoms with Gasteiger partial charge in [-0.3, -0.25) is 9.78 Å². The minimum Gasteiger partial charge on any atom is -0.433 e. The van der Waals surface area contributed by atoms with E-state index in [1.165, 1.54) is 6.20 Å². The summed E-state index contributed by atoms with van der Waals surface area (Å²) >= 11 is 19.2. The molecule has 32 heavy (non-hydrogen) atoms. The summed E-state index contributed by atoms with van der Waals surface area (Å²) in [7, 11) is 0. The van der Waals surface area contributed by atoms with Gasteiger partial charge in [0, 0.05) is 27.8 Å². The number of carbonyl (C=O) groups is 1. The molecular weight excluding hydrogens is 469 g/mol. The Morgan fingerprint density at radius 3 is 2.62 bits per heavy atom. The fourth-order valence-corrected chi connectivity index (χ4v) is 4.39. The maximum absolute atomic E-state index is 13.4. The van der Waals surface area contributed by atoms with Crippen molar-refractivity contribution in [3.8, 4) is 11.5 Å². The summed E-state index contributed by atoms with van der Waals surface area (Å²) in [6.45, 7) is 0.375. The second-order valence-electron chi connectivity index (χ2n) is 7.11. The molecule has 0 saturated carbocycles. The summed E-state index contributed by atoms with van der Waals surface area (Å²) in [6, 6.07) is 16.4. The van der Waals surface area contributed by atoms with Crippen LogP contribution in [0.2, 0.25) is 15.2 Å². The number of oxazole rings is 1. The van der Waals surface area contributed by atoms with Crippen LogP contribution in [0.15, 0.2) is 77.6 Å². The zero-order valence-electron chi connectivity index (χ0n) is 16.4. The first-order valence-electron chi connectivity index (χ1n) is 9.64. The monoisotopic (exact) mass is 481 g/mol. The maximum Gasteiger partial charge on any atom is 0.233 e. The van der Waals surface area contributed by atoms with Crippen molar-refractivity contribution in [1.82, 2.24) is 14.5 Å². The van der Waals surface area contributed by atoms with Gasteiger partial charge in [-0.25, -0.2) is 4.98 Å². The third-order valence-electron chi connectivity index (χ3n) is 5.12. The quantitative estimate of drug-likeness (QED) is 0.255. The topological polar surface area (TPSA) is 60.9 Å². The van der Waals surface area contributed by atoms with E-state index in [4.69, 9.17) is 39.2 Å². The van der Waals surface area contributed by atoms with Gasteiger partial charge in [-0.1, -0.05) is 59.1 Å². The molecule has 0 unspecified atom stereocenters. The Bertz CT molecular complexity index is 1460. The molecule has 8 heteroatoms. The lowest BCUT2D eigenvalue weighted by atomic mass is 10.1. The van der Waals surface area contributed by atoms with Gasteiger partial charge in [0.1, 0.15) is 5.15 Å². The summed E-state index contributed by atoms with van der Waals surface area (Å²) in [6.07, 6.45) is 4.68. The molecule has 0 bridgehead atoms. The Hall–Kier alpha value is -3.12. The lowest BCUT2D eigenvalue weighted by molar-refractivity contribution is 0.101. The number of para-hydroxylation sites is 1. The minimum atomic E-state index is -0.352. The van der Waals surface area contributed by atoms with Gasteiger partial charge >= 0.3 is 0 Å². The van der Waals surface area contributed by atoms with Gasteiger partial charge < -0.3 is 8.98 Å². The van der Waals surface area contributed by atoms with Crippen molar-refractivity contribution in [1.29, 1.82) is 0 Å². The molecule has 0 aliphatic rings. The average molecular weight is 483 g/mol. The number of fused-ring (bicyclic) bond motifs is 1. The summed E-state index contributed by atoms with van der Waals surface area (Å²) in [5, 5.41) is 2.08. The summed E-state index contributed by atoms with van der Waals surface area (Å²) in [5.41, 5.74) is 2.66. The number of nitrogens with zero attached hydrogens (tertiary/aromatic N) is 3. The number of rotatable bonds is 5. The second kappa shape index (κ2) is 8.43. The molecule has 5 rings (SSSR count). The summed E-state index contributed by atoms with van der Waals surface area (Å²) in [4.78, 5) is 21.7. The van der Waals surface area contributed by atoms with Crippen molar-refractivity contribution in [2.45, 2.75) is 6.54 Å². The number of carbonyl (C=O) groups excluding carboxylic acids is 1. The van der Waals surface area contributed by atoms with Gasteiger partial charge in [-0.15, -0.1) is 0 Å². The van der Waals surface area contributed by atoms with Crippen molar-refractivity contribution < 1.29 is 9.21 Å². The standard InChI is InChI=1S/C24H14Cl3N3O2/c25-16-8-7-15(18(26)10-16)13-30-19-6-2-1-5-17(19)21(23(30)27)22(31)20-12-29-24(32-20)14-4-3-9-28-11-14/h1-12H,13H2. The normalized spacial score (nSPS) is 11.2. The van der Waals surface area contributed by atoms with Crippen LogP contribution in [0.4, 0.5) is 0 Å². The number of aromatic nitrogens is 3.